The molecule has 2 amide bonds. The molecular formula is C23H36N4O4. The number of carbonyl (C=O) groups excluding carboxylic acids is 2. The highest BCUT2D eigenvalue weighted by atomic mass is 16.5. The highest BCUT2D eigenvalue weighted by Crippen LogP contribution is 2.28. The molecule has 2 N–H and O–H groups in total. The second-order valence-electron chi connectivity index (χ2n) is 8.35. The van der Waals surface area contributed by atoms with Crippen molar-refractivity contribution in [1.29, 1.82) is 0 Å². The van der Waals surface area contributed by atoms with E-state index in [9.17, 15) is 9.59 Å². The van der Waals surface area contributed by atoms with Crippen molar-refractivity contribution in [3.63, 3.8) is 0 Å². The first-order valence-electron chi connectivity index (χ1n) is 11.3. The third-order valence-electron chi connectivity index (χ3n) is 6.15. The largest absolute Gasteiger partial charge is 0.493 e. The van der Waals surface area contributed by atoms with Gasteiger partial charge in [0.05, 0.1) is 26.7 Å². The minimum atomic E-state index is -0.470. The molecule has 2 heterocycles. The summed E-state index contributed by atoms with van der Waals surface area (Å²) < 4.78 is 10.7. The van der Waals surface area contributed by atoms with Gasteiger partial charge >= 0.3 is 0 Å². The highest BCUT2D eigenvalue weighted by molar-refractivity contribution is 5.88. The van der Waals surface area contributed by atoms with Crippen LogP contribution in [-0.4, -0.2) is 80.6 Å². The molecule has 2 aliphatic heterocycles. The number of benzene rings is 1. The second-order valence-corrected chi connectivity index (χ2v) is 8.35. The SMILES string of the molecule is CCCN1CCC(NC(=O)CC2C(=O)NCCN2Cc2ccc(OC)c(OC)c2)CC1. The summed E-state index contributed by atoms with van der Waals surface area (Å²) in [6.07, 6.45) is 3.27. The number of piperazine rings is 1. The second kappa shape index (κ2) is 11.3. The predicted molar refractivity (Wildman–Crippen MR) is 119 cm³/mol. The predicted octanol–water partition coefficient (Wildman–Crippen LogP) is 1.38. The van der Waals surface area contributed by atoms with Crippen molar-refractivity contribution in [1.82, 2.24) is 20.4 Å². The van der Waals surface area contributed by atoms with Gasteiger partial charge in [-0.1, -0.05) is 13.0 Å². The normalized spacial score (nSPS) is 20.9. The van der Waals surface area contributed by atoms with Gasteiger partial charge in [-0.2, -0.15) is 0 Å². The molecular weight excluding hydrogens is 396 g/mol. The van der Waals surface area contributed by atoms with Gasteiger partial charge in [0, 0.05) is 38.8 Å². The smallest absolute Gasteiger partial charge is 0.237 e. The molecule has 8 nitrogen and oxygen atoms in total. The molecule has 172 valence electrons. The number of ether oxygens (including phenoxy) is 2. The number of methoxy groups -OCH3 is 2. The molecule has 1 atom stereocenters. The Hall–Kier alpha value is -2.32. The minimum absolute atomic E-state index is 0.0479. The first kappa shape index (κ1) is 23.3. The van der Waals surface area contributed by atoms with E-state index in [0.717, 1.165) is 44.5 Å². The Kier molecular flexibility index (Phi) is 8.54. The van der Waals surface area contributed by atoms with Gasteiger partial charge in [0.25, 0.3) is 0 Å². The molecule has 2 aliphatic rings. The lowest BCUT2D eigenvalue weighted by Crippen LogP contribution is -2.56. The Bertz CT molecular complexity index is 749. The van der Waals surface area contributed by atoms with Gasteiger partial charge < -0.3 is 25.0 Å². The topological polar surface area (TPSA) is 83.1 Å². The summed E-state index contributed by atoms with van der Waals surface area (Å²) in [5.41, 5.74) is 1.01. The van der Waals surface area contributed by atoms with Crippen molar-refractivity contribution >= 4 is 11.8 Å². The molecule has 2 saturated heterocycles. The monoisotopic (exact) mass is 432 g/mol. The number of carbonyl (C=O) groups is 2. The molecule has 31 heavy (non-hydrogen) atoms. The quantitative estimate of drug-likeness (QED) is 0.614. The van der Waals surface area contributed by atoms with Crippen molar-refractivity contribution in [2.75, 3.05) is 46.9 Å². The fraction of sp³-hybridized carbons (Fsp3) is 0.652. The van der Waals surface area contributed by atoms with Crippen LogP contribution in [0, 0.1) is 0 Å². The third kappa shape index (κ3) is 6.33. The van der Waals surface area contributed by atoms with Crippen molar-refractivity contribution < 1.29 is 19.1 Å². The highest BCUT2D eigenvalue weighted by Gasteiger charge is 2.32. The van der Waals surface area contributed by atoms with E-state index in [2.05, 4.69) is 27.4 Å². The Labute approximate surface area is 185 Å². The number of hydrogen-bond donors (Lipinski definition) is 2. The van der Waals surface area contributed by atoms with Crippen LogP contribution in [0.15, 0.2) is 18.2 Å². The zero-order chi connectivity index (χ0) is 22.2. The van der Waals surface area contributed by atoms with Crippen LogP contribution in [0.2, 0.25) is 0 Å². The number of nitrogens with one attached hydrogen (secondary N) is 2. The third-order valence-corrected chi connectivity index (χ3v) is 6.15. The number of hydrogen-bond acceptors (Lipinski definition) is 6. The average Bonchev–Trinajstić information content (AvgIpc) is 2.77. The van der Waals surface area contributed by atoms with E-state index in [4.69, 9.17) is 9.47 Å². The van der Waals surface area contributed by atoms with Crippen molar-refractivity contribution in [2.24, 2.45) is 0 Å². The van der Waals surface area contributed by atoms with Gasteiger partial charge in [-0.25, -0.2) is 0 Å². The first-order chi connectivity index (χ1) is 15.0. The zero-order valence-corrected chi connectivity index (χ0v) is 19.0. The van der Waals surface area contributed by atoms with Crippen molar-refractivity contribution in [3.05, 3.63) is 23.8 Å². The lowest BCUT2D eigenvalue weighted by atomic mass is 10.0. The van der Waals surface area contributed by atoms with Crippen LogP contribution >= 0.6 is 0 Å². The molecule has 0 aromatic heterocycles. The van der Waals surface area contributed by atoms with Gasteiger partial charge in [-0.3, -0.25) is 14.5 Å². The number of piperidine rings is 1. The summed E-state index contributed by atoms with van der Waals surface area (Å²) in [5, 5.41) is 6.06. The van der Waals surface area contributed by atoms with Gasteiger partial charge in [0.1, 0.15) is 0 Å². The van der Waals surface area contributed by atoms with E-state index in [1.165, 1.54) is 0 Å². The molecule has 0 bridgehead atoms. The summed E-state index contributed by atoms with van der Waals surface area (Å²) in [4.78, 5) is 29.8. The molecule has 1 aromatic rings. The maximum Gasteiger partial charge on any atom is 0.237 e. The van der Waals surface area contributed by atoms with E-state index >= 15 is 0 Å². The maximum absolute atomic E-state index is 12.7. The van der Waals surface area contributed by atoms with E-state index in [0.29, 0.717) is 31.1 Å². The fourth-order valence-corrected chi connectivity index (χ4v) is 4.47. The van der Waals surface area contributed by atoms with Crippen molar-refractivity contribution in [2.45, 2.75) is 51.2 Å². The summed E-state index contributed by atoms with van der Waals surface area (Å²) in [7, 11) is 3.21. The van der Waals surface area contributed by atoms with E-state index < -0.39 is 6.04 Å². The number of likely N-dealkylation sites (tertiary alicyclic amines) is 1. The Morgan fingerprint density at radius 1 is 1.16 bits per heavy atom. The molecule has 8 heteroatoms. The minimum Gasteiger partial charge on any atom is -0.493 e. The fourth-order valence-electron chi connectivity index (χ4n) is 4.47. The Morgan fingerprint density at radius 2 is 1.90 bits per heavy atom. The number of rotatable bonds is 9. The van der Waals surface area contributed by atoms with E-state index in [1.54, 1.807) is 14.2 Å². The Morgan fingerprint density at radius 3 is 2.58 bits per heavy atom. The molecule has 1 aromatic carbocycles. The lowest BCUT2D eigenvalue weighted by Gasteiger charge is -2.36. The van der Waals surface area contributed by atoms with Crippen LogP contribution in [-0.2, 0) is 16.1 Å². The van der Waals surface area contributed by atoms with Gasteiger partial charge in [0.15, 0.2) is 11.5 Å². The summed E-state index contributed by atoms with van der Waals surface area (Å²) in [6.45, 7) is 7.21. The number of amides is 2. The molecule has 1 unspecified atom stereocenters. The van der Waals surface area contributed by atoms with Crippen LogP contribution in [0.5, 0.6) is 11.5 Å². The van der Waals surface area contributed by atoms with Crippen LogP contribution < -0.4 is 20.1 Å². The van der Waals surface area contributed by atoms with Crippen LogP contribution in [0.3, 0.4) is 0 Å². The van der Waals surface area contributed by atoms with Crippen LogP contribution in [0.1, 0.15) is 38.2 Å². The van der Waals surface area contributed by atoms with E-state index in [-0.39, 0.29) is 24.3 Å². The molecule has 0 radical (unpaired) electrons. The van der Waals surface area contributed by atoms with Gasteiger partial charge in [0.2, 0.25) is 11.8 Å². The number of nitrogens with zero attached hydrogens (tertiary/aromatic N) is 2. The van der Waals surface area contributed by atoms with Crippen molar-refractivity contribution in [3.8, 4) is 11.5 Å². The molecule has 0 saturated carbocycles. The molecule has 0 aliphatic carbocycles. The lowest BCUT2D eigenvalue weighted by molar-refractivity contribution is -0.134. The maximum atomic E-state index is 12.7. The average molecular weight is 433 g/mol. The first-order valence-corrected chi connectivity index (χ1v) is 11.3. The van der Waals surface area contributed by atoms with Crippen LogP contribution in [0.4, 0.5) is 0 Å². The van der Waals surface area contributed by atoms with Gasteiger partial charge in [-0.15, -0.1) is 0 Å². The molecule has 2 fully saturated rings. The standard InChI is InChI=1S/C23H36N4O4/c1-4-10-26-11-7-18(8-12-26)25-22(28)15-19-23(29)24-9-13-27(19)16-17-5-6-20(30-2)21(14-17)31-3/h5-6,14,18-19H,4,7-13,15-16H2,1-3H3,(H,24,29)(H,25,28). The molecule has 0 spiro atoms. The molecule has 3 rings (SSSR count). The summed E-state index contributed by atoms with van der Waals surface area (Å²) in [5.74, 6) is 1.20. The summed E-state index contributed by atoms with van der Waals surface area (Å²) in [6, 6.07) is 5.49. The summed E-state index contributed by atoms with van der Waals surface area (Å²) >= 11 is 0. The Balaban J connectivity index is 1.58. The van der Waals surface area contributed by atoms with E-state index in [1.807, 2.05) is 18.2 Å². The van der Waals surface area contributed by atoms with Crippen LogP contribution in [0.25, 0.3) is 0 Å². The zero-order valence-electron chi connectivity index (χ0n) is 19.0. The van der Waals surface area contributed by atoms with Gasteiger partial charge in [-0.05, 0) is 43.5 Å².